The molecule has 0 aliphatic carbocycles. The summed E-state index contributed by atoms with van der Waals surface area (Å²) in [5.74, 6) is -3.20. The lowest BCUT2D eigenvalue weighted by Crippen LogP contribution is -2.64. The molecular formula is C12H14ClNO6. The molecule has 2 rings (SSSR count). The maximum absolute atomic E-state index is 11.9. The number of hydrogen-bond donors (Lipinski definition) is 2. The second kappa shape index (κ2) is 5.06. The van der Waals surface area contributed by atoms with Crippen molar-refractivity contribution >= 4 is 29.4 Å². The quantitative estimate of drug-likeness (QED) is 0.422. The van der Waals surface area contributed by atoms with Crippen LogP contribution in [0.1, 0.15) is 13.3 Å². The summed E-state index contributed by atoms with van der Waals surface area (Å²) in [6, 6.07) is -1.72. The van der Waals surface area contributed by atoms with E-state index < -0.39 is 42.0 Å². The van der Waals surface area contributed by atoms with Gasteiger partial charge in [0, 0.05) is 0 Å². The summed E-state index contributed by atoms with van der Waals surface area (Å²) in [4.78, 5) is 35.9. The van der Waals surface area contributed by atoms with Crippen LogP contribution in [0.25, 0.3) is 0 Å². The monoisotopic (exact) mass is 303 g/mol. The van der Waals surface area contributed by atoms with Crippen LogP contribution in [-0.2, 0) is 19.1 Å². The predicted octanol–water partition coefficient (Wildman–Crippen LogP) is -0.283. The van der Waals surface area contributed by atoms with Crippen molar-refractivity contribution in [3.8, 4) is 0 Å². The van der Waals surface area contributed by atoms with Gasteiger partial charge < -0.3 is 19.8 Å². The second-order valence-electron chi connectivity index (χ2n) is 4.85. The molecule has 2 fully saturated rings. The highest BCUT2D eigenvalue weighted by molar-refractivity contribution is 6.42. The number of amides is 1. The Labute approximate surface area is 119 Å². The fourth-order valence-corrected chi connectivity index (χ4v) is 3.12. The van der Waals surface area contributed by atoms with Crippen LogP contribution in [0.5, 0.6) is 0 Å². The number of rotatable bonds is 3. The molecule has 0 aromatic rings. The Morgan fingerprint density at radius 3 is 2.55 bits per heavy atom. The summed E-state index contributed by atoms with van der Waals surface area (Å²) in [5, 5.41) is 18.5. The second-order valence-corrected chi connectivity index (χ2v) is 5.23. The fourth-order valence-electron chi connectivity index (χ4n) is 2.87. The van der Waals surface area contributed by atoms with E-state index in [4.69, 9.17) is 11.6 Å². The van der Waals surface area contributed by atoms with Crippen molar-refractivity contribution in [2.24, 2.45) is 5.92 Å². The van der Waals surface area contributed by atoms with Gasteiger partial charge in [-0.1, -0.05) is 11.6 Å². The van der Waals surface area contributed by atoms with Gasteiger partial charge in [-0.2, -0.15) is 0 Å². The third-order valence-corrected chi connectivity index (χ3v) is 4.15. The van der Waals surface area contributed by atoms with Gasteiger partial charge in [0.05, 0.1) is 25.2 Å². The Morgan fingerprint density at radius 1 is 1.50 bits per heavy atom. The van der Waals surface area contributed by atoms with Gasteiger partial charge in [-0.3, -0.25) is 4.79 Å². The SMILES string of the molecule is COC(=O)/C(Cl)=C1/C[C@@H]2[C@@H](C(C)O)C(=O)N2[C@H]1C(=O)O. The highest BCUT2D eigenvalue weighted by atomic mass is 35.5. The van der Waals surface area contributed by atoms with Gasteiger partial charge in [0.15, 0.2) is 6.04 Å². The fraction of sp³-hybridized carbons (Fsp3) is 0.583. The molecule has 2 heterocycles. The molecule has 2 saturated heterocycles. The van der Waals surface area contributed by atoms with Crippen LogP contribution in [0.15, 0.2) is 10.6 Å². The molecule has 0 aromatic carbocycles. The summed E-state index contributed by atoms with van der Waals surface area (Å²) in [7, 11) is 1.13. The largest absolute Gasteiger partial charge is 0.479 e. The van der Waals surface area contributed by atoms with Gasteiger partial charge in [0.1, 0.15) is 5.03 Å². The van der Waals surface area contributed by atoms with E-state index in [0.29, 0.717) is 0 Å². The van der Waals surface area contributed by atoms with Crippen molar-refractivity contribution < 1.29 is 29.3 Å². The number of aliphatic carboxylic acids is 1. The number of fused-ring (bicyclic) bond motifs is 1. The molecule has 1 unspecified atom stereocenters. The average molecular weight is 304 g/mol. The van der Waals surface area contributed by atoms with E-state index in [1.807, 2.05) is 0 Å². The van der Waals surface area contributed by atoms with Gasteiger partial charge in [0.25, 0.3) is 0 Å². The van der Waals surface area contributed by atoms with Crippen molar-refractivity contribution in [3.05, 3.63) is 10.6 Å². The molecule has 2 N–H and O–H groups in total. The van der Waals surface area contributed by atoms with Crippen molar-refractivity contribution in [2.75, 3.05) is 7.11 Å². The van der Waals surface area contributed by atoms with Crippen LogP contribution in [0.4, 0.5) is 0 Å². The van der Waals surface area contributed by atoms with Crippen LogP contribution in [0.2, 0.25) is 0 Å². The molecule has 0 radical (unpaired) electrons. The number of esters is 1. The lowest BCUT2D eigenvalue weighted by molar-refractivity contribution is -0.169. The molecule has 20 heavy (non-hydrogen) atoms. The zero-order valence-electron chi connectivity index (χ0n) is 10.9. The van der Waals surface area contributed by atoms with E-state index in [1.54, 1.807) is 0 Å². The highest BCUT2D eigenvalue weighted by Crippen LogP contribution is 2.45. The molecule has 0 bridgehead atoms. The minimum Gasteiger partial charge on any atom is -0.479 e. The number of aliphatic hydroxyl groups excluding tert-OH is 1. The molecule has 4 atom stereocenters. The number of carbonyl (C=O) groups excluding carboxylic acids is 2. The Kier molecular flexibility index (Phi) is 3.75. The van der Waals surface area contributed by atoms with E-state index in [0.717, 1.165) is 12.0 Å². The predicted molar refractivity (Wildman–Crippen MR) is 66.7 cm³/mol. The number of halogens is 1. The van der Waals surface area contributed by atoms with Crippen LogP contribution in [0, 0.1) is 5.92 Å². The molecular weight excluding hydrogens is 290 g/mol. The van der Waals surface area contributed by atoms with Crippen LogP contribution in [0.3, 0.4) is 0 Å². The van der Waals surface area contributed by atoms with Crippen molar-refractivity contribution in [2.45, 2.75) is 31.5 Å². The third-order valence-electron chi connectivity index (χ3n) is 3.75. The zero-order chi connectivity index (χ0) is 15.2. The van der Waals surface area contributed by atoms with E-state index in [2.05, 4.69) is 4.74 Å². The minimum absolute atomic E-state index is 0.145. The molecule has 7 nitrogen and oxygen atoms in total. The normalized spacial score (nSPS) is 32.3. The van der Waals surface area contributed by atoms with Crippen LogP contribution < -0.4 is 0 Å². The molecule has 110 valence electrons. The molecule has 1 amide bonds. The number of carboxylic acid groups (broad SMARTS) is 1. The van der Waals surface area contributed by atoms with E-state index >= 15 is 0 Å². The lowest BCUT2D eigenvalue weighted by Gasteiger charge is -2.45. The maximum Gasteiger partial charge on any atom is 0.349 e. The molecule has 8 heteroatoms. The van der Waals surface area contributed by atoms with Gasteiger partial charge >= 0.3 is 11.9 Å². The zero-order valence-corrected chi connectivity index (χ0v) is 11.6. The number of ether oxygens (including phenoxy) is 1. The van der Waals surface area contributed by atoms with Crippen LogP contribution in [-0.4, -0.2) is 58.3 Å². The van der Waals surface area contributed by atoms with Gasteiger partial charge in [-0.15, -0.1) is 0 Å². The lowest BCUT2D eigenvalue weighted by atomic mass is 9.84. The summed E-state index contributed by atoms with van der Waals surface area (Å²) < 4.78 is 4.47. The average Bonchev–Trinajstić information content (AvgIpc) is 2.71. The molecule has 2 aliphatic rings. The first-order valence-electron chi connectivity index (χ1n) is 6.01. The number of methoxy groups -OCH3 is 1. The van der Waals surface area contributed by atoms with Crippen molar-refractivity contribution in [1.82, 2.24) is 4.90 Å². The van der Waals surface area contributed by atoms with Crippen LogP contribution >= 0.6 is 11.6 Å². The Balaban J connectivity index is 2.40. The number of carboxylic acids is 1. The number of aliphatic hydroxyl groups is 1. The van der Waals surface area contributed by atoms with E-state index in [9.17, 15) is 24.6 Å². The molecule has 0 spiro atoms. The smallest absolute Gasteiger partial charge is 0.349 e. The van der Waals surface area contributed by atoms with Crippen molar-refractivity contribution in [1.29, 1.82) is 0 Å². The first-order chi connectivity index (χ1) is 9.31. The molecule has 0 aromatic heterocycles. The summed E-state index contributed by atoms with van der Waals surface area (Å²) in [6.45, 7) is 1.47. The Morgan fingerprint density at radius 2 is 2.10 bits per heavy atom. The first-order valence-corrected chi connectivity index (χ1v) is 6.39. The summed E-state index contributed by atoms with van der Waals surface area (Å²) in [5.41, 5.74) is 0.146. The Bertz CT molecular complexity index is 514. The van der Waals surface area contributed by atoms with E-state index in [-0.39, 0.29) is 17.0 Å². The maximum atomic E-state index is 11.9. The molecule has 0 saturated carbocycles. The molecule has 2 aliphatic heterocycles. The standard InChI is InChI=1S/C12H14ClNO6/c1-4(15)7-6-3-5(8(13)12(19)20-2)9(11(17)18)14(6)10(7)16/h4,6-7,9,15H,3H2,1-2H3,(H,17,18)/b8-5+/t4?,6-,7-,9-/m1/s1. The number of β-lactam (4-membered cyclic amide) rings is 1. The van der Waals surface area contributed by atoms with Gasteiger partial charge in [0.2, 0.25) is 5.91 Å². The summed E-state index contributed by atoms with van der Waals surface area (Å²) >= 11 is 5.85. The van der Waals surface area contributed by atoms with Crippen molar-refractivity contribution in [3.63, 3.8) is 0 Å². The van der Waals surface area contributed by atoms with E-state index in [1.165, 1.54) is 6.92 Å². The number of carbonyl (C=O) groups is 3. The summed E-state index contributed by atoms with van der Waals surface area (Å²) in [6.07, 6.45) is -0.735. The number of hydrogen-bond acceptors (Lipinski definition) is 5. The topological polar surface area (TPSA) is 104 Å². The van der Waals surface area contributed by atoms with Gasteiger partial charge in [-0.05, 0) is 18.9 Å². The minimum atomic E-state index is -1.27. The number of nitrogens with zero attached hydrogens (tertiary/aromatic N) is 1. The Hall–Kier alpha value is -1.60. The third kappa shape index (κ3) is 1.97. The first kappa shape index (κ1) is 14.8. The highest BCUT2D eigenvalue weighted by Gasteiger charge is 2.60. The van der Waals surface area contributed by atoms with Gasteiger partial charge in [-0.25, -0.2) is 9.59 Å².